The molecule has 0 radical (unpaired) electrons. The third kappa shape index (κ3) is 6.72. The number of anilines is 2. The molecule has 2 aromatic carbocycles. The molecular weight excluding hydrogens is 746 g/mol. The van der Waals surface area contributed by atoms with Gasteiger partial charge >= 0.3 is 0 Å². The highest BCUT2D eigenvalue weighted by Gasteiger charge is 2.46. The zero-order valence-electron chi connectivity index (χ0n) is 31.5. The van der Waals surface area contributed by atoms with Gasteiger partial charge in [-0.2, -0.15) is 5.26 Å². The summed E-state index contributed by atoms with van der Waals surface area (Å²) >= 11 is 6.33. The zero-order chi connectivity index (χ0) is 39.6. The molecule has 9 rings (SSSR count). The summed E-state index contributed by atoms with van der Waals surface area (Å²) in [5, 5.41) is 20.8. The highest BCUT2D eigenvalue weighted by Crippen LogP contribution is 2.47. The Morgan fingerprint density at radius 2 is 1.63 bits per heavy atom. The van der Waals surface area contributed by atoms with E-state index >= 15 is 0 Å². The number of imide groups is 2. The molecule has 1 spiro atoms. The summed E-state index contributed by atoms with van der Waals surface area (Å²) in [7, 11) is 0. The molecule has 4 saturated heterocycles. The fourth-order valence-electron chi connectivity index (χ4n) is 9.63. The zero-order valence-corrected chi connectivity index (χ0v) is 32.3. The molecule has 292 valence electrons. The van der Waals surface area contributed by atoms with Gasteiger partial charge in [-0.1, -0.05) is 18.2 Å². The van der Waals surface area contributed by atoms with Crippen molar-refractivity contribution in [3.63, 3.8) is 0 Å². The van der Waals surface area contributed by atoms with E-state index in [9.17, 15) is 29.2 Å². The number of aromatic nitrogens is 2. The Morgan fingerprint density at radius 1 is 0.930 bits per heavy atom. The number of amides is 5. The van der Waals surface area contributed by atoms with Crippen molar-refractivity contribution in [3.05, 3.63) is 93.3 Å². The number of allylic oxidation sites excluding steroid dienone is 1. The number of piperidine rings is 3. The summed E-state index contributed by atoms with van der Waals surface area (Å²) in [6.45, 7) is 10.3. The molecule has 5 amide bonds. The topological polar surface area (TPSA) is 163 Å². The molecule has 3 aromatic rings. The second-order valence-electron chi connectivity index (χ2n) is 16.4. The van der Waals surface area contributed by atoms with Crippen LogP contribution < -0.4 is 15.1 Å². The molecule has 1 atom stereocenters. The van der Waals surface area contributed by atoms with Crippen molar-refractivity contribution < 1.29 is 24.0 Å². The van der Waals surface area contributed by atoms with Crippen molar-refractivity contribution in [3.8, 4) is 6.07 Å². The first-order chi connectivity index (χ1) is 27.5. The summed E-state index contributed by atoms with van der Waals surface area (Å²) in [5.74, 6) is -0.934. The lowest BCUT2D eigenvalue weighted by molar-refractivity contribution is -0.136. The Bertz CT molecular complexity index is 2230. The smallest absolute Gasteiger partial charge is 0.274 e. The number of nitrogens with zero attached hydrogens (tertiary/aromatic N) is 8. The number of fused-ring (bicyclic) bond motifs is 2. The number of benzene rings is 2. The maximum atomic E-state index is 13.5. The van der Waals surface area contributed by atoms with Crippen LogP contribution >= 0.6 is 11.6 Å². The van der Waals surface area contributed by atoms with Crippen molar-refractivity contribution in [1.82, 2.24) is 30.2 Å². The second kappa shape index (κ2) is 14.4. The Balaban J connectivity index is 0.746. The van der Waals surface area contributed by atoms with E-state index in [0.717, 1.165) is 91.5 Å². The fraction of sp³-hybridized carbons (Fsp3) is 0.429. The minimum Gasteiger partial charge on any atom is -0.355 e. The number of likely N-dealkylation sites (tertiary alicyclic amines) is 1. The fourth-order valence-corrected chi connectivity index (χ4v) is 9.85. The van der Waals surface area contributed by atoms with Crippen LogP contribution in [0.4, 0.5) is 11.5 Å². The van der Waals surface area contributed by atoms with Gasteiger partial charge in [-0.15, -0.1) is 10.2 Å². The Kier molecular flexibility index (Phi) is 9.32. The molecule has 4 fully saturated rings. The minimum absolute atomic E-state index is 0.0862. The van der Waals surface area contributed by atoms with Gasteiger partial charge < -0.3 is 14.7 Å². The summed E-state index contributed by atoms with van der Waals surface area (Å²) in [6.07, 6.45) is 4.78. The van der Waals surface area contributed by atoms with Gasteiger partial charge in [-0.25, -0.2) is 0 Å². The molecule has 0 aliphatic carbocycles. The summed E-state index contributed by atoms with van der Waals surface area (Å²) in [5.41, 5.74) is 5.55. The predicted molar refractivity (Wildman–Crippen MR) is 209 cm³/mol. The molecule has 57 heavy (non-hydrogen) atoms. The van der Waals surface area contributed by atoms with Crippen LogP contribution in [0.15, 0.2) is 54.7 Å². The van der Waals surface area contributed by atoms with E-state index in [-0.39, 0.29) is 24.2 Å². The van der Waals surface area contributed by atoms with E-state index < -0.39 is 29.7 Å². The Hall–Kier alpha value is -5.65. The van der Waals surface area contributed by atoms with Crippen LogP contribution in [0.2, 0.25) is 5.02 Å². The number of hydrogen-bond acceptors (Lipinski definition) is 11. The van der Waals surface area contributed by atoms with E-state index in [0.29, 0.717) is 59.5 Å². The van der Waals surface area contributed by atoms with Crippen molar-refractivity contribution in [2.24, 2.45) is 11.3 Å². The van der Waals surface area contributed by atoms with E-state index in [1.54, 1.807) is 24.3 Å². The number of halogens is 1. The third-order valence-corrected chi connectivity index (χ3v) is 13.1. The van der Waals surface area contributed by atoms with Crippen LogP contribution in [-0.2, 0) is 22.7 Å². The highest BCUT2D eigenvalue weighted by molar-refractivity contribution is 6.32. The maximum absolute atomic E-state index is 13.5. The molecule has 7 heterocycles. The largest absolute Gasteiger partial charge is 0.355 e. The van der Waals surface area contributed by atoms with Crippen LogP contribution in [0.3, 0.4) is 0 Å². The number of rotatable bonds is 6. The van der Waals surface area contributed by atoms with Crippen LogP contribution in [0.5, 0.6) is 0 Å². The quantitative estimate of drug-likeness (QED) is 0.355. The molecule has 0 saturated carbocycles. The van der Waals surface area contributed by atoms with Crippen LogP contribution in [0.25, 0.3) is 0 Å². The van der Waals surface area contributed by atoms with Gasteiger partial charge in [0.15, 0.2) is 11.5 Å². The van der Waals surface area contributed by atoms with Gasteiger partial charge in [0.2, 0.25) is 11.8 Å². The van der Waals surface area contributed by atoms with Crippen LogP contribution in [-0.4, -0.2) is 99.7 Å². The maximum Gasteiger partial charge on any atom is 0.274 e. The predicted octanol–water partition coefficient (Wildman–Crippen LogP) is 4.28. The van der Waals surface area contributed by atoms with Crippen molar-refractivity contribution in [1.29, 1.82) is 5.26 Å². The summed E-state index contributed by atoms with van der Waals surface area (Å²) < 4.78 is 0. The first kappa shape index (κ1) is 37.0. The van der Waals surface area contributed by atoms with Crippen LogP contribution in [0, 0.1) is 22.7 Å². The first-order valence-corrected chi connectivity index (χ1v) is 20.0. The van der Waals surface area contributed by atoms with Gasteiger partial charge in [0.1, 0.15) is 12.1 Å². The van der Waals surface area contributed by atoms with Gasteiger partial charge in [-0.05, 0) is 103 Å². The van der Waals surface area contributed by atoms with Gasteiger partial charge in [0.05, 0.1) is 21.7 Å². The molecule has 1 aromatic heterocycles. The lowest BCUT2D eigenvalue weighted by Crippen LogP contribution is -2.54. The molecule has 1 unspecified atom stereocenters. The summed E-state index contributed by atoms with van der Waals surface area (Å²) in [4.78, 5) is 73.8. The molecule has 6 aliphatic heterocycles. The Labute approximate surface area is 335 Å². The van der Waals surface area contributed by atoms with E-state index in [4.69, 9.17) is 11.6 Å². The molecule has 1 N–H and O–H groups in total. The van der Waals surface area contributed by atoms with E-state index in [1.165, 1.54) is 0 Å². The number of nitriles is 1. The van der Waals surface area contributed by atoms with Crippen molar-refractivity contribution in [2.45, 2.75) is 64.1 Å². The lowest BCUT2D eigenvalue weighted by atomic mass is 9.77. The number of hydrogen-bond donors (Lipinski definition) is 1. The van der Waals surface area contributed by atoms with Gasteiger partial charge in [0.25, 0.3) is 17.7 Å². The molecular formula is C42H42ClN9O5. The van der Waals surface area contributed by atoms with E-state index in [2.05, 4.69) is 42.9 Å². The second-order valence-corrected chi connectivity index (χ2v) is 16.8. The summed E-state index contributed by atoms with van der Waals surface area (Å²) in [6, 6.07) is 14.0. The number of nitrogens with one attached hydrogen (secondary N) is 1. The van der Waals surface area contributed by atoms with Gasteiger partial charge in [0, 0.05) is 70.2 Å². The van der Waals surface area contributed by atoms with Crippen molar-refractivity contribution >= 4 is 52.6 Å². The molecule has 0 bridgehead atoms. The first-order valence-electron chi connectivity index (χ1n) is 19.6. The molecule has 14 nitrogen and oxygen atoms in total. The molecule has 6 aliphatic rings. The number of carbonyl (C=O) groups excluding carboxylic acids is 5. The van der Waals surface area contributed by atoms with Crippen LogP contribution in [0.1, 0.15) is 92.8 Å². The van der Waals surface area contributed by atoms with Crippen molar-refractivity contribution in [2.75, 3.05) is 49.1 Å². The SMILES string of the molecule is C=C1CC2(CCN(c3ccc(C(=O)N4CCC(CN5Cc6cc7c(cc6C5)C(=O)N(C5CCC(=O)NC5=O)C7=O)CC4)nn3)CC2)CN1c1ccc(C#N)c(Cl)c1. The lowest BCUT2D eigenvalue weighted by Gasteiger charge is -2.39. The average Bonchev–Trinajstić information content (AvgIpc) is 3.84. The highest BCUT2D eigenvalue weighted by atomic mass is 35.5. The third-order valence-electron chi connectivity index (χ3n) is 12.8. The number of carbonyl (C=O) groups is 5. The van der Waals surface area contributed by atoms with Gasteiger partial charge in [-0.3, -0.25) is 39.1 Å². The minimum atomic E-state index is -0.977. The monoisotopic (exact) mass is 787 g/mol. The standard InChI is InChI=1S/C42H42ClN9O5/c1-25-19-42(24-51(25)30-3-2-27(20-44)33(43)18-30)10-14-49(15-11-42)36-6-4-34(46-47-36)41(57)50-12-8-26(9-13-50)21-48-22-28-16-31-32(17-29(28)23-48)40(56)52(39(31)55)35-5-7-37(53)45-38(35)54/h2-4,6,16-18,26,35H,1,5,7-15,19,21-24H2,(H,45,53,54). The normalized spacial score (nSPS) is 22.3. The Morgan fingerprint density at radius 3 is 2.25 bits per heavy atom. The average molecular weight is 788 g/mol. The molecule has 15 heteroatoms. The van der Waals surface area contributed by atoms with E-state index in [1.807, 2.05) is 23.1 Å².